The fraction of sp³-hybridized carbons (Fsp3) is 0.579. The number of carboxylic acids is 1. The third-order valence-corrected chi connectivity index (χ3v) is 4.36. The van der Waals surface area contributed by atoms with E-state index in [1.807, 2.05) is 12.1 Å². The molecule has 1 heterocycles. The lowest BCUT2D eigenvalue weighted by Gasteiger charge is -2.23. The second-order valence-corrected chi connectivity index (χ2v) is 6.59. The zero-order chi connectivity index (χ0) is 18.2. The average molecular weight is 349 g/mol. The summed E-state index contributed by atoms with van der Waals surface area (Å²) in [6.07, 6.45) is 3.20. The molecule has 3 atom stereocenters. The molecule has 3 unspecified atom stereocenters. The molecule has 1 aromatic carbocycles. The second-order valence-electron chi connectivity index (χ2n) is 6.59. The van der Waals surface area contributed by atoms with E-state index in [2.05, 4.69) is 5.32 Å². The summed E-state index contributed by atoms with van der Waals surface area (Å²) < 4.78 is 11.2. The molecule has 25 heavy (non-hydrogen) atoms. The second kappa shape index (κ2) is 9.53. The average Bonchev–Trinajstić information content (AvgIpc) is 2.62. The van der Waals surface area contributed by atoms with E-state index in [-0.39, 0.29) is 12.0 Å². The highest BCUT2D eigenvalue weighted by Gasteiger charge is 2.19. The number of hydrogen-bond donors (Lipinski definition) is 2. The van der Waals surface area contributed by atoms with Crippen molar-refractivity contribution in [1.82, 2.24) is 0 Å². The van der Waals surface area contributed by atoms with E-state index in [0.717, 1.165) is 31.4 Å². The van der Waals surface area contributed by atoms with Crippen LogP contribution in [0.3, 0.4) is 0 Å². The van der Waals surface area contributed by atoms with E-state index in [4.69, 9.17) is 14.6 Å². The fourth-order valence-corrected chi connectivity index (χ4v) is 2.68. The first-order chi connectivity index (χ1) is 12.0. The Labute approximate surface area is 148 Å². The van der Waals surface area contributed by atoms with Crippen molar-refractivity contribution in [1.29, 1.82) is 0 Å². The lowest BCUT2D eigenvalue weighted by molar-refractivity contribution is -0.141. The van der Waals surface area contributed by atoms with Gasteiger partial charge < -0.3 is 19.9 Å². The molecule has 1 amide bonds. The van der Waals surface area contributed by atoms with Gasteiger partial charge in [-0.1, -0.05) is 19.1 Å². The molecule has 0 aliphatic carbocycles. The van der Waals surface area contributed by atoms with Crippen LogP contribution in [0.15, 0.2) is 24.3 Å². The Balaban J connectivity index is 1.77. The number of amides is 1. The number of carbonyl (C=O) groups excluding carboxylic acids is 1. The van der Waals surface area contributed by atoms with Crippen LogP contribution in [0.1, 0.15) is 38.7 Å². The summed E-state index contributed by atoms with van der Waals surface area (Å²) in [6, 6.07) is 7.21. The van der Waals surface area contributed by atoms with Crippen LogP contribution in [0.2, 0.25) is 0 Å². The molecule has 1 aliphatic heterocycles. The van der Waals surface area contributed by atoms with Gasteiger partial charge in [0.15, 0.2) is 0 Å². The number of ether oxygens (including phenoxy) is 2. The van der Waals surface area contributed by atoms with Gasteiger partial charge in [-0.05, 0) is 50.3 Å². The van der Waals surface area contributed by atoms with Crippen molar-refractivity contribution in [3.8, 4) is 0 Å². The number of hydrogen-bond acceptors (Lipinski definition) is 4. The Morgan fingerprint density at radius 1 is 1.28 bits per heavy atom. The molecule has 0 bridgehead atoms. The van der Waals surface area contributed by atoms with Gasteiger partial charge in [0, 0.05) is 12.3 Å². The van der Waals surface area contributed by atoms with E-state index in [1.165, 1.54) is 0 Å². The molecule has 1 aromatic rings. The van der Waals surface area contributed by atoms with E-state index >= 15 is 0 Å². The maximum absolute atomic E-state index is 12.2. The predicted molar refractivity (Wildman–Crippen MR) is 94.6 cm³/mol. The predicted octanol–water partition coefficient (Wildman–Crippen LogP) is 2.86. The van der Waals surface area contributed by atoms with Crippen LogP contribution >= 0.6 is 0 Å². The number of rotatable bonds is 8. The maximum Gasteiger partial charge on any atom is 0.306 e. The van der Waals surface area contributed by atoms with Gasteiger partial charge in [-0.25, -0.2) is 0 Å². The van der Waals surface area contributed by atoms with Crippen molar-refractivity contribution >= 4 is 17.6 Å². The molecule has 1 aliphatic rings. The normalized spacial score (nSPS) is 19.8. The number of benzene rings is 1. The molecule has 0 saturated carbocycles. The Hall–Kier alpha value is -1.92. The summed E-state index contributed by atoms with van der Waals surface area (Å²) in [4.78, 5) is 23.1. The molecule has 2 rings (SSSR count). The first-order valence-corrected chi connectivity index (χ1v) is 8.81. The minimum absolute atomic E-state index is 0.0829. The van der Waals surface area contributed by atoms with Crippen molar-refractivity contribution in [2.45, 2.75) is 51.7 Å². The lowest BCUT2D eigenvalue weighted by atomic mass is 10.0. The first kappa shape index (κ1) is 19.4. The molecule has 2 N–H and O–H groups in total. The molecular weight excluding hydrogens is 322 g/mol. The van der Waals surface area contributed by atoms with Crippen molar-refractivity contribution in [2.24, 2.45) is 5.92 Å². The van der Waals surface area contributed by atoms with Gasteiger partial charge in [-0.15, -0.1) is 0 Å². The van der Waals surface area contributed by atoms with Crippen molar-refractivity contribution in [3.63, 3.8) is 0 Å². The van der Waals surface area contributed by atoms with Crippen LogP contribution < -0.4 is 5.32 Å². The highest BCUT2D eigenvalue weighted by atomic mass is 16.5. The smallest absolute Gasteiger partial charge is 0.306 e. The Morgan fingerprint density at radius 2 is 2.00 bits per heavy atom. The molecule has 6 nitrogen and oxygen atoms in total. The Bertz CT molecular complexity index is 566. The summed E-state index contributed by atoms with van der Waals surface area (Å²) in [5.41, 5.74) is 1.59. The summed E-state index contributed by atoms with van der Waals surface area (Å²) in [5.74, 6) is -1.45. The minimum atomic E-state index is -0.815. The molecule has 0 aromatic heterocycles. The molecule has 138 valence electrons. The summed E-state index contributed by atoms with van der Waals surface area (Å²) in [6.45, 7) is 4.59. The molecule has 1 saturated heterocycles. The number of aliphatic carboxylic acids is 1. The number of nitrogens with one attached hydrogen (secondary N) is 1. The zero-order valence-electron chi connectivity index (χ0n) is 14.9. The van der Waals surface area contributed by atoms with Crippen LogP contribution in [0.4, 0.5) is 5.69 Å². The van der Waals surface area contributed by atoms with E-state index in [9.17, 15) is 9.59 Å². The van der Waals surface area contributed by atoms with Crippen LogP contribution in [-0.4, -0.2) is 42.4 Å². The standard InChI is InChI=1S/C19H27NO5/c1-13(19(22)23)11-15-6-8-16(9-7-15)20-18(21)14(2)25-12-17-5-3-4-10-24-17/h6-9,13-14,17H,3-5,10-12H2,1-2H3,(H,20,21)(H,22,23). The molecule has 1 fully saturated rings. The maximum atomic E-state index is 12.2. The highest BCUT2D eigenvalue weighted by molar-refractivity contribution is 5.93. The Kier molecular flexibility index (Phi) is 7.40. The van der Waals surface area contributed by atoms with Gasteiger partial charge in [-0.3, -0.25) is 9.59 Å². The number of carbonyl (C=O) groups is 2. The molecule has 6 heteroatoms. The number of anilines is 1. The van der Waals surface area contributed by atoms with Crippen LogP contribution in [0.25, 0.3) is 0 Å². The van der Waals surface area contributed by atoms with Crippen molar-refractivity contribution in [3.05, 3.63) is 29.8 Å². The van der Waals surface area contributed by atoms with Crippen molar-refractivity contribution in [2.75, 3.05) is 18.5 Å². The minimum Gasteiger partial charge on any atom is -0.481 e. The van der Waals surface area contributed by atoms with Crippen LogP contribution in [-0.2, 0) is 25.5 Å². The number of carboxylic acid groups (broad SMARTS) is 1. The summed E-state index contributed by atoms with van der Waals surface area (Å²) >= 11 is 0. The van der Waals surface area contributed by atoms with Gasteiger partial charge in [0.1, 0.15) is 6.10 Å². The van der Waals surface area contributed by atoms with Crippen LogP contribution in [0.5, 0.6) is 0 Å². The third kappa shape index (κ3) is 6.48. The van der Waals surface area contributed by atoms with Gasteiger partial charge >= 0.3 is 5.97 Å². The third-order valence-electron chi connectivity index (χ3n) is 4.36. The van der Waals surface area contributed by atoms with Gasteiger partial charge in [0.25, 0.3) is 5.91 Å². The zero-order valence-corrected chi connectivity index (χ0v) is 14.9. The first-order valence-electron chi connectivity index (χ1n) is 8.81. The van der Waals surface area contributed by atoms with E-state index in [1.54, 1.807) is 26.0 Å². The monoisotopic (exact) mass is 349 g/mol. The van der Waals surface area contributed by atoms with Gasteiger partial charge in [0.05, 0.1) is 18.6 Å². The van der Waals surface area contributed by atoms with Gasteiger partial charge in [0.2, 0.25) is 0 Å². The summed E-state index contributed by atoms with van der Waals surface area (Å²) in [7, 11) is 0. The van der Waals surface area contributed by atoms with E-state index < -0.39 is 18.0 Å². The molecule has 0 spiro atoms. The highest BCUT2D eigenvalue weighted by Crippen LogP contribution is 2.15. The summed E-state index contributed by atoms with van der Waals surface area (Å²) in [5, 5.41) is 11.8. The van der Waals surface area contributed by atoms with Crippen molar-refractivity contribution < 1.29 is 24.2 Å². The van der Waals surface area contributed by atoms with Crippen LogP contribution in [0, 0.1) is 5.92 Å². The molecular formula is C19H27NO5. The lowest BCUT2D eigenvalue weighted by Crippen LogP contribution is -2.32. The fourth-order valence-electron chi connectivity index (χ4n) is 2.68. The Morgan fingerprint density at radius 3 is 2.60 bits per heavy atom. The largest absolute Gasteiger partial charge is 0.481 e. The van der Waals surface area contributed by atoms with E-state index in [0.29, 0.717) is 18.7 Å². The SMILES string of the molecule is CC(Cc1ccc(NC(=O)C(C)OCC2CCCCO2)cc1)C(=O)O. The topological polar surface area (TPSA) is 84.9 Å². The quantitative estimate of drug-likeness (QED) is 0.754. The molecule has 0 radical (unpaired) electrons. The van der Waals surface area contributed by atoms with Gasteiger partial charge in [-0.2, -0.15) is 0 Å².